The molecule has 21 heavy (non-hydrogen) atoms. The van der Waals surface area contributed by atoms with Crippen molar-refractivity contribution >= 4 is 11.6 Å². The van der Waals surface area contributed by atoms with Gasteiger partial charge in [0.15, 0.2) is 11.5 Å². The van der Waals surface area contributed by atoms with Crippen LogP contribution in [-0.4, -0.2) is 32.5 Å². The van der Waals surface area contributed by atoms with E-state index < -0.39 is 0 Å². The van der Waals surface area contributed by atoms with Crippen LogP contribution in [0, 0.1) is 0 Å². The smallest absolute Gasteiger partial charge is 0.180 e. The predicted molar refractivity (Wildman–Crippen MR) is 84.4 cm³/mol. The van der Waals surface area contributed by atoms with Crippen LogP contribution in [-0.2, 0) is 11.3 Å². The summed E-state index contributed by atoms with van der Waals surface area (Å²) < 4.78 is 16.7. The Labute approximate surface area is 131 Å². The lowest BCUT2D eigenvalue weighted by atomic mass is 10.2. The Bertz CT molecular complexity index is 459. The van der Waals surface area contributed by atoms with Gasteiger partial charge in [-0.15, -0.1) is 0 Å². The molecule has 1 saturated heterocycles. The number of methoxy groups -OCH3 is 1. The second-order valence-electron chi connectivity index (χ2n) is 5.54. The maximum Gasteiger partial charge on any atom is 0.180 e. The van der Waals surface area contributed by atoms with Crippen molar-refractivity contribution in [3.63, 3.8) is 0 Å². The summed E-state index contributed by atoms with van der Waals surface area (Å²) in [5.74, 6) is 1.28. The first-order valence-electron chi connectivity index (χ1n) is 7.45. The van der Waals surface area contributed by atoms with Gasteiger partial charge >= 0.3 is 0 Å². The van der Waals surface area contributed by atoms with Gasteiger partial charge in [0.2, 0.25) is 0 Å². The van der Waals surface area contributed by atoms with E-state index in [9.17, 15) is 0 Å². The first-order chi connectivity index (χ1) is 10.1. The van der Waals surface area contributed by atoms with Gasteiger partial charge in [0.25, 0.3) is 0 Å². The Kier molecular flexibility index (Phi) is 6.15. The van der Waals surface area contributed by atoms with Crippen molar-refractivity contribution in [3.8, 4) is 11.5 Å². The van der Waals surface area contributed by atoms with Crippen molar-refractivity contribution in [2.45, 2.75) is 45.4 Å². The minimum absolute atomic E-state index is 0.0555. The Morgan fingerprint density at radius 2 is 2.24 bits per heavy atom. The van der Waals surface area contributed by atoms with E-state index in [-0.39, 0.29) is 6.10 Å². The molecule has 1 atom stereocenters. The van der Waals surface area contributed by atoms with Gasteiger partial charge in [-0.1, -0.05) is 11.6 Å². The van der Waals surface area contributed by atoms with Crippen LogP contribution in [0.1, 0.15) is 32.3 Å². The van der Waals surface area contributed by atoms with Gasteiger partial charge in [-0.25, -0.2) is 0 Å². The highest BCUT2D eigenvalue weighted by atomic mass is 35.5. The van der Waals surface area contributed by atoms with Crippen LogP contribution in [0.3, 0.4) is 0 Å². The van der Waals surface area contributed by atoms with Gasteiger partial charge in [0, 0.05) is 19.7 Å². The maximum absolute atomic E-state index is 6.31. The standard InChI is InChI=1S/C16H24ClNO3/c1-11(2)21-16-14(17)7-12(8-15(16)19-3)9-18-10-13-5-4-6-20-13/h7-8,11,13,18H,4-6,9-10H2,1-3H3/t13-/m0/s1. The summed E-state index contributed by atoms with van der Waals surface area (Å²) in [6.45, 7) is 6.41. The Hall–Kier alpha value is -0.970. The molecule has 1 N–H and O–H groups in total. The van der Waals surface area contributed by atoms with Gasteiger partial charge < -0.3 is 19.5 Å². The van der Waals surface area contributed by atoms with E-state index in [2.05, 4.69) is 5.32 Å². The van der Waals surface area contributed by atoms with Gasteiger partial charge in [-0.05, 0) is 44.4 Å². The number of hydrogen-bond donors (Lipinski definition) is 1. The largest absolute Gasteiger partial charge is 0.493 e. The normalized spacial score (nSPS) is 18.2. The SMILES string of the molecule is COc1cc(CNC[C@@H]2CCCO2)cc(Cl)c1OC(C)C. The molecule has 0 bridgehead atoms. The van der Waals surface area contributed by atoms with Gasteiger partial charge in [0.1, 0.15) is 0 Å². The predicted octanol–water partition coefficient (Wildman–Crippen LogP) is 3.40. The molecule has 1 fully saturated rings. The third-order valence-corrected chi connectivity index (χ3v) is 3.65. The average molecular weight is 314 g/mol. The number of halogens is 1. The van der Waals surface area contributed by atoms with E-state index >= 15 is 0 Å². The third kappa shape index (κ3) is 4.77. The molecule has 2 rings (SSSR count). The molecular formula is C16H24ClNO3. The molecule has 1 aliphatic rings. The van der Waals surface area contributed by atoms with Crippen molar-refractivity contribution < 1.29 is 14.2 Å². The zero-order valence-corrected chi connectivity index (χ0v) is 13.7. The Morgan fingerprint density at radius 1 is 1.43 bits per heavy atom. The fourth-order valence-corrected chi connectivity index (χ4v) is 2.69. The van der Waals surface area contributed by atoms with Crippen LogP contribution in [0.4, 0.5) is 0 Å². The fraction of sp³-hybridized carbons (Fsp3) is 0.625. The Balaban J connectivity index is 1.97. The van der Waals surface area contributed by atoms with Crippen LogP contribution in [0.15, 0.2) is 12.1 Å². The molecule has 0 saturated carbocycles. The topological polar surface area (TPSA) is 39.7 Å². The molecule has 0 radical (unpaired) electrons. The fourth-order valence-electron chi connectivity index (χ4n) is 2.41. The molecule has 0 unspecified atom stereocenters. The summed E-state index contributed by atoms with van der Waals surface area (Å²) >= 11 is 6.31. The number of nitrogens with one attached hydrogen (secondary N) is 1. The minimum atomic E-state index is 0.0555. The number of hydrogen-bond acceptors (Lipinski definition) is 4. The highest BCUT2D eigenvalue weighted by Gasteiger charge is 2.16. The van der Waals surface area contributed by atoms with Crippen LogP contribution < -0.4 is 14.8 Å². The molecule has 0 aliphatic carbocycles. The molecule has 4 nitrogen and oxygen atoms in total. The van der Waals surface area contributed by atoms with Crippen molar-refractivity contribution in [1.82, 2.24) is 5.32 Å². The number of rotatable bonds is 7. The maximum atomic E-state index is 6.31. The zero-order valence-electron chi connectivity index (χ0n) is 12.9. The average Bonchev–Trinajstić information content (AvgIpc) is 2.94. The molecule has 5 heteroatoms. The van der Waals surface area contributed by atoms with E-state index in [0.29, 0.717) is 22.6 Å². The number of benzene rings is 1. The summed E-state index contributed by atoms with van der Waals surface area (Å²) in [5, 5.41) is 3.98. The summed E-state index contributed by atoms with van der Waals surface area (Å²) in [6.07, 6.45) is 2.69. The van der Waals surface area contributed by atoms with Gasteiger partial charge in [0.05, 0.1) is 24.3 Å². The molecule has 1 heterocycles. The minimum Gasteiger partial charge on any atom is -0.493 e. The van der Waals surface area contributed by atoms with Crippen LogP contribution in [0.2, 0.25) is 5.02 Å². The van der Waals surface area contributed by atoms with Gasteiger partial charge in [-0.3, -0.25) is 0 Å². The summed E-state index contributed by atoms with van der Waals surface area (Å²) in [7, 11) is 1.63. The third-order valence-electron chi connectivity index (χ3n) is 3.37. The number of ether oxygens (including phenoxy) is 3. The molecule has 0 amide bonds. The molecular weight excluding hydrogens is 290 g/mol. The quantitative estimate of drug-likeness (QED) is 0.837. The van der Waals surface area contributed by atoms with Crippen LogP contribution >= 0.6 is 11.6 Å². The molecule has 1 aromatic carbocycles. The molecule has 118 valence electrons. The first kappa shape index (κ1) is 16.4. The van der Waals surface area contributed by atoms with Crippen molar-refractivity contribution in [3.05, 3.63) is 22.7 Å². The van der Waals surface area contributed by atoms with E-state index in [1.165, 1.54) is 0 Å². The summed E-state index contributed by atoms with van der Waals surface area (Å²) in [4.78, 5) is 0. The second kappa shape index (κ2) is 7.87. The van der Waals surface area contributed by atoms with Crippen LogP contribution in [0.25, 0.3) is 0 Å². The molecule has 1 aromatic rings. The Morgan fingerprint density at radius 3 is 2.86 bits per heavy atom. The summed E-state index contributed by atoms with van der Waals surface area (Å²) in [5.41, 5.74) is 1.07. The van der Waals surface area contributed by atoms with E-state index in [0.717, 1.165) is 38.1 Å². The lowest BCUT2D eigenvalue weighted by Gasteiger charge is -2.17. The highest BCUT2D eigenvalue weighted by molar-refractivity contribution is 6.32. The lowest BCUT2D eigenvalue weighted by Crippen LogP contribution is -2.25. The van der Waals surface area contributed by atoms with E-state index in [4.69, 9.17) is 25.8 Å². The molecule has 1 aliphatic heterocycles. The van der Waals surface area contributed by atoms with E-state index in [1.807, 2.05) is 26.0 Å². The lowest BCUT2D eigenvalue weighted by molar-refractivity contribution is 0.110. The first-order valence-corrected chi connectivity index (χ1v) is 7.83. The molecule has 0 aromatic heterocycles. The van der Waals surface area contributed by atoms with Gasteiger partial charge in [-0.2, -0.15) is 0 Å². The van der Waals surface area contributed by atoms with Crippen LogP contribution in [0.5, 0.6) is 11.5 Å². The van der Waals surface area contributed by atoms with Crippen molar-refractivity contribution in [1.29, 1.82) is 0 Å². The molecule has 0 spiro atoms. The summed E-state index contributed by atoms with van der Waals surface area (Å²) in [6, 6.07) is 3.89. The van der Waals surface area contributed by atoms with Crippen molar-refractivity contribution in [2.24, 2.45) is 0 Å². The second-order valence-corrected chi connectivity index (χ2v) is 5.95. The zero-order chi connectivity index (χ0) is 15.2. The monoisotopic (exact) mass is 313 g/mol. The van der Waals surface area contributed by atoms with E-state index in [1.54, 1.807) is 7.11 Å². The highest BCUT2D eigenvalue weighted by Crippen LogP contribution is 2.37. The van der Waals surface area contributed by atoms with Crippen molar-refractivity contribution in [2.75, 3.05) is 20.3 Å².